The lowest BCUT2D eigenvalue weighted by atomic mass is 10.1. The van der Waals surface area contributed by atoms with E-state index in [4.69, 9.17) is 9.84 Å². The van der Waals surface area contributed by atoms with E-state index < -0.39 is 17.8 Å². The van der Waals surface area contributed by atoms with Crippen LogP contribution in [-0.2, 0) is 4.74 Å². The highest BCUT2D eigenvalue weighted by molar-refractivity contribution is 6.00. The maximum absolute atomic E-state index is 13.2. The second-order valence-corrected chi connectivity index (χ2v) is 4.34. The molecule has 0 aliphatic carbocycles. The number of urea groups is 1. The number of methoxy groups -OCH3 is 1. The van der Waals surface area contributed by atoms with Gasteiger partial charge in [0.1, 0.15) is 5.82 Å². The molecular weight excluding hydrogens is 267 g/mol. The number of carboxylic acid groups (broad SMARTS) is 1. The zero-order valence-corrected chi connectivity index (χ0v) is 11.5. The maximum atomic E-state index is 13.2. The predicted molar refractivity (Wildman–Crippen MR) is 71.5 cm³/mol. The highest BCUT2D eigenvalue weighted by atomic mass is 19.1. The van der Waals surface area contributed by atoms with Crippen LogP contribution in [0.5, 0.6) is 0 Å². The molecule has 0 bridgehead atoms. The number of nitrogens with one attached hydrogen (secondary N) is 1. The Balaban J connectivity index is 2.90. The summed E-state index contributed by atoms with van der Waals surface area (Å²) in [7, 11) is 3.05. The molecule has 0 heterocycles. The van der Waals surface area contributed by atoms with E-state index in [0.717, 1.165) is 18.2 Å². The van der Waals surface area contributed by atoms with E-state index >= 15 is 0 Å². The fourth-order valence-corrected chi connectivity index (χ4v) is 1.56. The van der Waals surface area contributed by atoms with Crippen LogP contribution in [0.2, 0.25) is 0 Å². The van der Waals surface area contributed by atoms with Crippen LogP contribution in [0.1, 0.15) is 17.3 Å². The number of carboxylic acids is 1. The molecular formula is C13H17FN2O4. The number of hydrogen-bond donors (Lipinski definition) is 2. The fraction of sp³-hybridized carbons (Fsp3) is 0.385. The molecule has 2 N–H and O–H groups in total. The third-order valence-electron chi connectivity index (χ3n) is 2.84. The van der Waals surface area contributed by atoms with E-state index in [2.05, 4.69) is 5.32 Å². The summed E-state index contributed by atoms with van der Waals surface area (Å²) in [4.78, 5) is 24.3. The van der Waals surface area contributed by atoms with E-state index in [1.54, 1.807) is 14.0 Å². The van der Waals surface area contributed by atoms with Crippen LogP contribution >= 0.6 is 0 Å². The molecule has 1 aromatic rings. The molecule has 0 radical (unpaired) electrons. The molecule has 0 aliphatic heterocycles. The molecule has 0 spiro atoms. The average molecular weight is 284 g/mol. The van der Waals surface area contributed by atoms with Crippen LogP contribution in [0.25, 0.3) is 0 Å². The third kappa shape index (κ3) is 3.92. The van der Waals surface area contributed by atoms with Crippen LogP contribution < -0.4 is 5.32 Å². The third-order valence-corrected chi connectivity index (χ3v) is 2.84. The number of hydrogen-bond acceptors (Lipinski definition) is 3. The summed E-state index contributed by atoms with van der Waals surface area (Å²) in [5.41, 5.74) is -0.258. The number of anilines is 1. The minimum Gasteiger partial charge on any atom is -0.478 e. The van der Waals surface area contributed by atoms with Gasteiger partial charge in [0, 0.05) is 14.2 Å². The molecule has 0 saturated carbocycles. The molecule has 7 heteroatoms. The van der Waals surface area contributed by atoms with Crippen molar-refractivity contribution in [2.24, 2.45) is 0 Å². The molecule has 0 aromatic heterocycles. The molecule has 20 heavy (non-hydrogen) atoms. The SMILES string of the molecule is COCC(C)N(C)C(=O)Nc1cc(F)ccc1C(=O)O. The first kappa shape index (κ1) is 15.9. The lowest BCUT2D eigenvalue weighted by molar-refractivity contribution is 0.0698. The largest absolute Gasteiger partial charge is 0.478 e. The number of rotatable bonds is 5. The Labute approximate surface area is 116 Å². The normalized spacial score (nSPS) is 11.8. The summed E-state index contributed by atoms with van der Waals surface area (Å²) in [6, 6.07) is 2.35. The quantitative estimate of drug-likeness (QED) is 0.867. The molecule has 1 unspecified atom stereocenters. The van der Waals surface area contributed by atoms with Gasteiger partial charge >= 0.3 is 12.0 Å². The van der Waals surface area contributed by atoms with Crippen molar-refractivity contribution in [3.8, 4) is 0 Å². The minimum absolute atomic E-state index is 0.0843. The van der Waals surface area contributed by atoms with Crippen molar-refractivity contribution >= 4 is 17.7 Å². The van der Waals surface area contributed by atoms with Crippen molar-refractivity contribution in [1.29, 1.82) is 0 Å². The summed E-state index contributed by atoms with van der Waals surface area (Å²) >= 11 is 0. The number of amides is 2. The zero-order chi connectivity index (χ0) is 15.3. The number of carbonyl (C=O) groups is 2. The van der Waals surface area contributed by atoms with Gasteiger partial charge in [-0.15, -0.1) is 0 Å². The molecule has 2 amide bonds. The smallest absolute Gasteiger partial charge is 0.337 e. The summed E-state index contributed by atoms with van der Waals surface area (Å²) in [6.45, 7) is 2.10. The van der Waals surface area contributed by atoms with Gasteiger partial charge in [0.15, 0.2) is 0 Å². The molecule has 0 fully saturated rings. The van der Waals surface area contributed by atoms with Gasteiger partial charge in [-0.25, -0.2) is 14.0 Å². The van der Waals surface area contributed by atoms with E-state index in [0.29, 0.717) is 6.61 Å². The minimum atomic E-state index is -1.24. The van der Waals surface area contributed by atoms with Gasteiger partial charge in [-0.1, -0.05) is 0 Å². The van der Waals surface area contributed by atoms with Gasteiger partial charge in [0.25, 0.3) is 0 Å². The van der Waals surface area contributed by atoms with Crippen molar-refractivity contribution in [3.63, 3.8) is 0 Å². The van der Waals surface area contributed by atoms with Crippen LogP contribution in [0, 0.1) is 5.82 Å². The lowest BCUT2D eigenvalue weighted by Crippen LogP contribution is -2.40. The summed E-state index contributed by atoms with van der Waals surface area (Å²) < 4.78 is 18.1. The maximum Gasteiger partial charge on any atom is 0.337 e. The molecule has 1 atom stereocenters. The lowest BCUT2D eigenvalue weighted by Gasteiger charge is -2.24. The van der Waals surface area contributed by atoms with E-state index in [1.165, 1.54) is 12.0 Å². The number of carbonyl (C=O) groups excluding carboxylic acids is 1. The van der Waals surface area contributed by atoms with Crippen LogP contribution in [0.3, 0.4) is 0 Å². The van der Waals surface area contributed by atoms with Crippen molar-refractivity contribution in [1.82, 2.24) is 4.90 Å². The first-order chi connectivity index (χ1) is 9.36. The van der Waals surface area contributed by atoms with E-state index in [9.17, 15) is 14.0 Å². The molecule has 110 valence electrons. The molecule has 0 aliphatic rings. The topological polar surface area (TPSA) is 78.9 Å². The Kier molecular flexibility index (Phi) is 5.45. The molecule has 6 nitrogen and oxygen atoms in total. The highest BCUT2D eigenvalue weighted by Crippen LogP contribution is 2.18. The van der Waals surface area contributed by atoms with Crippen molar-refractivity contribution in [3.05, 3.63) is 29.6 Å². The van der Waals surface area contributed by atoms with Crippen molar-refractivity contribution in [2.75, 3.05) is 26.1 Å². The second kappa shape index (κ2) is 6.85. The number of aromatic carboxylic acids is 1. The van der Waals surface area contributed by atoms with Gasteiger partial charge in [-0.05, 0) is 25.1 Å². The second-order valence-electron chi connectivity index (χ2n) is 4.34. The number of ether oxygens (including phenoxy) is 1. The Hall–Kier alpha value is -2.15. The number of nitrogens with zero attached hydrogens (tertiary/aromatic N) is 1. The highest BCUT2D eigenvalue weighted by Gasteiger charge is 2.18. The first-order valence-electron chi connectivity index (χ1n) is 5.92. The first-order valence-corrected chi connectivity index (χ1v) is 5.92. The van der Waals surface area contributed by atoms with Gasteiger partial charge in [0.05, 0.1) is 23.9 Å². The van der Waals surface area contributed by atoms with Crippen LogP contribution in [0.15, 0.2) is 18.2 Å². The predicted octanol–water partition coefficient (Wildman–Crippen LogP) is 2.02. The zero-order valence-electron chi connectivity index (χ0n) is 11.5. The van der Waals surface area contributed by atoms with E-state index in [-0.39, 0.29) is 17.3 Å². The van der Waals surface area contributed by atoms with Gasteiger partial charge in [0.2, 0.25) is 0 Å². The molecule has 1 rings (SSSR count). The summed E-state index contributed by atoms with van der Waals surface area (Å²) in [5.74, 6) is -1.87. The average Bonchev–Trinajstić information content (AvgIpc) is 2.37. The Morgan fingerprint density at radius 2 is 2.15 bits per heavy atom. The number of likely N-dealkylation sites (N-methyl/N-ethyl adjacent to an activating group) is 1. The molecule has 1 aromatic carbocycles. The standard InChI is InChI=1S/C13H17FN2O4/c1-8(7-20-3)16(2)13(19)15-11-6-9(14)4-5-10(11)12(17)18/h4-6,8H,7H2,1-3H3,(H,15,19)(H,17,18). The fourth-order valence-electron chi connectivity index (χ4n) is 1.56. The Morgan fingerprint density at radius 1 is 1.50 bits per heavy atom. The van der Waals surface area contributed by atoms with Crippen LogP contribution in [0.4, 0.5) is 14.9 Å². The van der Waals surface area contributed by atoms with Crippen molar-refractivity contribution < 1.29 is 23.8 Å². The monoisotopic (exact) mass is 284 g/mol. The number of benzene rings is 1. The summed E-state index contributed by atoms with van der Waals surface area (Å²) in [5, 5.41) is 11.4. The number of halogens is 1. The van der Waals surface area contributed by atoms with Gasteiger partial charge in [-0.2, -0.15) is 0 Å². The Bertz CT molecular complexity index is 507. The Morgan fingerprint density at radius 3 is 2.70 bits per heavy atom. The van der Waals surface area contributed by atoms with Gasteiger partial charge in [-0.3, -0.25) is 0 Å². The van der Waals surface area contributed by atoms with Gasteiger partial charge < -0.3 is 20.1 Å². The van der Waals surface area contributed by atoms with E-state index in [1.807, 2.05) is 0 Å². The molecule has 0 saturated heterocycles. The summed E-state index contributed by atoms with van der Waals surface area (Å²) in [6.07, 6.45) is 0. The van der Waals surface area contributed by atoms with Crippen LogP contribution in [-0.4, -0.2) is 48.8 Å². The van der Waals surface area contributed by atoms with Crippen molar-refractivity contribution in [2.45, 2.75) is 13.0 Å².